The van der Waals surface area contributed by atoms with Crippen molar-refractivity contribution in [1.29, 1.82) is 0 Å². The van der Waals surface area contributed by atoms with Crippen LogP contribution in [-0.4, -0.2) is 0 Å². The Balaban J connectivity index is 1.15. The van der Waals surface area contributed by atoms with Crippen LogP contribution in [0.5, 0.6) is 11.5 Å². The first-order valence-electron chi connectivity index (χ1n) is 15.6. The number of anilines is 3. The molecular formula is C43H31NO. The van der Waals surface area contributed by atoms with E-state index in [-0.39, 0.29) is 5.41 Å². The van der Waals surface area contributed by atoms with Crippen molar-refractivity contribution in [3.8, 4) is 44.9 Å². The second kappa shape index (κ2) is 9.70. The van der Waals surface area contributed by atoms with E-state index >= 15 is 0 Å². The molecule has 0 spiro atoms. The van der Waals surface area contributed by atoms with Gasteiger partial charge < -0.3 is 9.64 Å². The Hall–Kier alpha value is -5.60. The third-order valence-electron chi connectivity index (χ3n) is 9.68. The fourth-order valence-electron chi connectivity index (χ4n) is 7.48. The van der Waals surface area contributed by atoms with E-state index in [9.17, 15) is 0 Å². The Morgan fingerprint density at radius 2 is 1.07 bits per heavy atom. The van der Waals surface area contributed by atoms with Crippen molar-refractivity contribution < 1.29 is 4.74 Å². The highest BCUT2D eigenvalue weighted by atomic mass is 16.5. The molecule has 214 valence electrons. The lowest BCUT2D eigenvalue weighted by molar-refractivity contribution is 0.487. The van der Waals surface area contributed by atoms with Gasteiger partial charge in [-0.1, -0.05) is 117 Å². The molecule has 7 aromatic rings. The van der Waals surface area contributed by atoms with E-state index in [4.69, 9.17) is 4.74 Å². The monoisotopic (exact) mass is 577 g/mol. The van der Waals surface area contributed by atoms with Gasteiger partial charge in [0, 0.05) is 33.4 Å². The number of hydrogen-bond donors (Lipinski definition) is 0. The fourth-order valence-corrected chi connectivity index (χ4v) is 7.48. The van der Waals surface area contributed by atoms with Gasteiger partial charge in [0.25, 0.3) is 0 Å². The van der Waals surface area contributed by atoms with Crippen molar-refractivity contribution in [1.82, 2.24) is 0 Å². The molecular weight excluding hydrogens is 546 g/mol. The minimum atomic E-state index is -0.0625. The lowest BCUT2D eigenvalue weighted by Gasteiger charge is -2.28. The zero-order chi connectivity index (χ0) is 30.1. The van der Waals surface area contributed by atoms with Gasteiger partial charge in [0.15, 0.2) is 0 Å². The van der Waals surface area contributed by atoms with Crippen LogP contribution in [0, 0.1) is 0 Å². The van der Waals surface area contributed by atoms with Gasteiger partial charge in [-0.15, -0.1) is 0 Å². The molecule has 2 nitrogen and oxygen atoms in total. The summed E-state index contributed by atoms with van der Waals surface area (Å²) in [4.78, 5) is 2.37. The van der Waals surface area contributed by atoms with Crippen molar-refractivity contribution in [2.24, 2.45) is 0 Å². The van der Waals surface area contributed by atoms with Crippen LogP contribution in [-0.2, 0) is 5.41 Å². The molecule has 0 unspecified atom stereocenters. The molecule has 45 heavy (non-hydrogen) atoms. The average Bonchev–Trinajstić information content (AvgIpc) is 3.32. The summed E-state index contributed by atoms with van der Waals surface area (Å²) in [6.07, 6.45) is 0. The molecule has 2 heteroatoms. The summed E-state index contributed by atoms with van der Waals surface area (Å²) in [7, 11) is 0. The molecule has 0 bridgehead atoms. The Morgan fingerprint density at radius 3 is 1.91 bits per heavy atom. The zero-order valence-electron chi connectivity index (χ0n) is 25.3. The van der Waals surface area contributed by atoms with Crippen molar-refractivity contribution >= 4 is 27.8 Å². The lowest BCUT2D eigenvalue weighted by Crippen LogP contribution is -2.16. The summed E-state index contributed by atoms with van der Waals surface area (Å²) in [5.74, 6) is 1.83. The molecule has 0 radical (unpaired) electrons. The van der Waals surface area contributed by atoms with E-state index in [2.05, 4.69) is 158 Å². The van der Waals surface area contributed by atoms with Gasteiger partial charge in [0.2, 0.25) is 0 Å². The quantitative estimate of drug-likeness (QED) is 0.206. The normalized spacial score (nSPS) is 13.5. The maximum atomic E-state index is 6.35. The molecule has 0 N–H and O–H groups in total. The molecule has 2 aliphatic rings. The van der Waals surface area contributed by atoms with Gasteiger partial charge >= 0.3 is 0 Å². The molecule has 0 saturated carbocycles. The van der Waals surface area contributed by atoms with Gasteiger partial charge in [0.05, 0.1) is 0 Å². The first-order chi connectivity index (χ1) is 22.1. The highest BCUT2D eigenvalue weighted by molar-refractivity contribution is 6.10. The minimum Gasteiger partial charge on any atom is -0.456 e. The van der Waals surface area contributed by atoms with Crippen molar-refractivity contribution in [2.45, 2.75) is 19.3 Å². The number of benzene rings is 7. The second-order valence-electron chi connectivity index (χ2n) is 12.6. The lowest BCUT2D eigenvalue weighted by atomic mass is 9.82. The summed E-state index contributed by atoms with van der Waals surface area (Å²) in [5, 5.41) is 2.37. The number of ether oxygens (including phenoxy) is 1. The SMILES string of the molecule is CC1(C)c2ccccc2-c2ccc(N(c3ccccc3)c3ccc(-c4ccc5c6c(cccc46)Oc4ccccc4-5)cc3)cc21. The van der Waals surface area contributed by atoms with Crippen LogP contribution < -0.4 is 9.64 Å². The molecule has 0 fully saturated rings. The number of nitrogens with zero attached hydrogens (tertiary/aromatic N) is 1. The topological polar surface area (TPSA) is 12.5 Å². The van der Waals surface area contributed by atoms with Crippen LogP contribution in [0.15, 0.2) is 152 Å². The van der Waals surface area contributed by atoms with E-state index < -0.39 is 0 Å². The molecule has 9 rings (SSSR count). The Labute approximate surface area is 263 Å². The highest BCUT2D eigenvalue weighted by Crippen LogP contribution is 2.51. The standard InChI is InChI=1S/C43H31NO/c1-43(2)38-16-8-6-13-33(38)34-24-23-31(27-39(34)43)44(29-11-4-3-5-12-29)30-21-19-28(20-22-30)32-25-26-37-35-14-7-9-17-40(35)45-41-18-10-15-36(32)42(37)41/h3-27H,1-2H3. The van der Waals surface area contributed by atoms with Gasteiger partial charge in [0.1, 0.15) is 11.5 Å². The molecule has 0 saturated heterocycles. The summed E-state index contributed by atoms with van der Waals surface area (Å²) >= 11 is 0. The first kappa shape index (κ1) is 25.9. The van der Waals surface area contributed by atoms with E-state index in [0.717, 1.165) is 34.1 Å². The molecule has 1 heterocycles. The van der Waals surface area contributed by atoms with Gasteiger partial charge in [-0.2, -0.15) is 0 Å². The van der Waals surface area contributed by atoms with E-state index in [1.165, 1.54) is 49.7 Å². The van der Waals surface area contributed by atoms with Gasteiger partial charge in [-0.25, -0.2) is 0 Å². The van der Waals surface area contributed by atoms with Gasteiger partial charge in [-0.05, 0) is 92.9 Å². The number of hydrogen-bond acceptors (Lipinski definition) is 2. The summed E-state index contributed by atoms with van der Waals surface area (Å²) in [6.45, 7) is 4.68. The molecule has 0 aromatic heterocycles. The van der Waals surface area contributed by atoms with Crippen LogP contribution in [0.25, 0.3) is 44.2 Å². The Morgan fingerprint density at radius 1 is 0.444 bits per heavy atom. The smallest absolute Gasteiger partial charge is 0.135 e. The second-order valence-corrected chi connectivity index (χ2v) is 12.6. The van der Waals surface area contributed by atoms with Gasteiger partial charge in [-0.3, -0.25) is 0 Å². The van der Waals surface area contributed by atoms with E-state index in [1.807, 2.05) is 12.1 Å². The predicted octanol–water partition coefficient (Wildman–Crippen LogP) is 12.1. The van der Waals surface area contributed by atoms with E-state index in [1.54, 1.807) is 0 Å². The Kier molecular flexibility index (Phi) is 5.58. The zero-order valence-corrected chi connectivity index (χ0v) is 25.3. The number of para-hydroxylation sites is 2. The third-order valence-corrected chi connectivity index (χ3v) is 9.68. The fraction of sp³-hybridized carbons (Fsp3) is 0.0698. The Bertz CT molecular complexity index is 2260. The van der Waals surface area contributed by atoms with Crippen LogP contribution in [0.3, 0.4) is 0 Å². The maximum Gasteiger partial charge on any atom is 0.135 e. The molecule has 0 atom stereocenters. The maximum absolute atomic E-state index is 6.35. The number of rotatable bonds is 4. The third kappa shape index (κ3) is 3.89. The predicted molar refractivity (Wildman–Crippen MR) is 187 cm³/mol. The van der Waals surface area contributed by atoms with Crippen LogP contribution in [0.4, 0.5) is 17.1 Å². The van der Waals surface area contributed by atoms with Crippen molar-refractivity contribution in [3.63, 3.8) is 0 Å². The number of fused-ring (bicyclic) bond motifs is 5. The largest absolute Gasteiger partial charge is 0.456 e. The van der Waals surface area contributed by atoms with Crippen LogP contribution >= 0.6 is 0 Å². The van der Waals surface area contributed by atoms with Crippen molar-refractivity contribution in [3.05, 3.63) is 163 Å². The highest BCUT2D eigenvalue weighted by Gasteiger charge is 2.35. The average molecular weight is 578 g/mol. The molecule has 0 amide bonds. The first-order valence-corrected chi connectivity index (χ1v) is 15.6. The van der Waals surface area contributed by atoms with Crippen LogP contribution in [0.2, 0.25) is 0 Å². The summed E-state index contributed by atoms with van der Waals surface area (Å²) < 4.78 is 6.35. The van der Waals surface area contributed by atoms with E-state index in [0.29, 0.717) is 0 Å². The molecule has 7 aromatic carbocycles. The minimum absolute atomic E-state index is 0.0625. The van der Waals surface area contributed by atoms with Crippen molar-refractivity contribution in [2.75, 3.05) is 4.90 Å². The summed E-state index contributed by atoms with van der Waals surface area (Å²) in [5.41, 5.74) is 13.5. The summed E-state index contributed by atoms with van der Waals surface area (Å²) in [6, 6.07) is 54.6. The molecule has 1 aliphatic heterocycles. The molecule has 1 aliphatic carbocycles. The van der Waals surface area contributed by atoms with Crippen LogP contribution in [0.1, 0.15) is 25.0 Å².